The lowest BCUT2D eigenvalue weighted by Gasteiger charge is -2.27. The van der Waals surface area contributed by atoms with Gasteiger partial charge in [-0.15, -0.1) is 0 Å². The van der Waals surface area contributed by atoms with Crippen LogP contribution in [0.2, 0.25) is 0 Å². The standard InChI is InChI=1S/C12H13Br3N2O2/c13-8-5-9(14)12(10(15)6-8)19-7-11(18)17-3-1-16-2-4-17/h5-6,16H,1-4,7H2. The zero-order chi connectivity index (χ0) is 13.8. The number of benzene rings is 1. The number of carbonyl (C=O) groups is 1. The van der Waals surface area contributed by atoms with E-state index in [-0.39, 0.29) is 12.5 Å². The monoisotopic (exact) mass is 454 g/mol. The van der Waals surface area contributed by atoms with E-state index < -0.39 is 0 Å². The number of ether oxygens (including phenoxy) is 1. The van der Waals surface area contributed by atoms with Gasteiger partial charge in [0.05, 0.1) is 8.95 Å². The van der Waals surface area contributed by atoms with Crippen molar-refractivity contribution < 1.29 is 9.53 Å². The summed E-state index contributed by atoms with van der Waals surface area (Å²) in [6.07, 6.45) is 0. The maximum Gasteiger partial charge on any atom is 0.260 e. The number of amides is 1. The molecule has 0 radical (unpaired) electrons. The number of hydrogen-bond acceptors (Lipinski definition) is 3. The van der Waals surface area contributed by atoms with E-state index in [1.54, 1.807) is 0 Å². The van der Waals surface area contributed by atoms with Crippen LogP contribution in [-0.2, 0) is 4.79 Å². The molecule has 2 rings (SSSR count). The Balaban J connectivity index is 1.96. The van der Waals surface area contributed by atoms with E-state index in [0.29, 0.717) is 5.75 Å². The van der Waals surface area contributed by atoms with Crippen LogP contribution in [0.5, 0.6) is 5.75 Å². The SMILES string of the molecule is O=C(COc1c(Br)cc(Br)cc1Br)N1CCNCC1. The fraction of sp³-hybridized carbons (Fsp3) is 0.417. The van der Waals surface area contributed by atoms with Crippen molar-refractivity contribution in [2.75, 3.05) is 32.8 Å². The lowest BCUT2D eigenvalue weighted by atomic mass is 10.3. The van der Waals surface area contributed by atoms with Gasteiger partial charge in [-0.25, -0.2) is 0 Å². The molecule has 0 atom stereocenters. The van der Waals surface area contributed by atoms with E-state index in [2.05, 4.69) is 53.1 Å². The van der Waals surface area contributed by atoms with Crippen LogP contribution in [0.15, 0.2) is 25.6 Å². The van der Waals surface area contributed by atoms with E-state index in [4.69, 9.17) is 4.74 Å². The summed E-state index contributed by atoms with van der Waals surface area (Å²) in [7, 11) is 0. The number of nitrogens with zero attached hydrogens (tertiary/aromatic N) is 1. The van der Waals surface area contributed by atoms with Crippen LogP contribution in [-0.4, -0.2) is 43.6 Å². The molecule has 0 saturated carbocycles. The smallest absolute Gasteiger partial charge is 0.260 e. The number of hydrogen-bond donors (Lipinski definition) is 1. The van der Waals surface area contributed by atoms with E-state index in [0.717, 1.165) is 39.6 Å². The van der Waals surface area contributed by atoms with Crippen LogP contribution < -0.4 is 10.1 Å². The number of piperazine rings is 1. The summed E-state index contributed by atoms with van der Waals surface area (Å²) in [6, 6.07) is 3.77. The Morgan fingerprint density at radius 2 is 1.79 bits per heavy atom. The Kier molecular flexibility index (Phi) is 5.68. The van der Waals surface area contributed by atoms with Crippen LogP contribution in [0.1, 0.15) is 0 Å². The fourth-order valence-electron chi connectivity index (χ4n) is 1.81. The van der Waals surface area contributed by atoms with Crippen LogP contribution in [0.3, 0.4) is 0 Å². The highest BCUT2D eigenvalue weighted by Gasteiger charge is 2.17. The molecule has 1 heterocycles. The van der Waals surface area contributed by atoms with Gasteiger partial charge in [0.25, 0.3) is 5.91 Å². The lowest BCUT2D eigenvalue weighted by molar-refractivity contribution is -0.133. The molecule has 1 aromatic rings. The molecule has 104 valence electrons. The van der Waals surface area contributed by atoms with Gasteiger partial charge in [-0.05, 0) is 44.0 Å². The van der Waals surface area contributed by atoms with Gasteiger partial charge in [-0.3, -0.25) is 4.79 Å². The fourth-order valence-corrected chi connectivity index (χ4v) is 4.29. The normalized spacial score (nSPS) is 15.4. The highest BCUT2D eigenvalue weighted by molar-refractivity contribution is 9.11. The summed E-state index contributed by atoms with van der Waals surface area (Å²) < 4.78 is 8.16. The van der Waals surface area contributed by atoms with Gasteiger partial charge in [-0.2, -0.15) is 0 Å². The molecular weight excluding hydrogens is 444 g/mol. The zero-order valence-electron chi connectivity index (χ0n) is 10.1. The second-order valence-electron chi connectivity index (χ2n) is 4.12. The summed E-state index contributed by atoms with van der Waals surface area (Å²) in [6.45, 7) is 3.23. The van der Waals surface area contributed by atoms with Gasteiger partial charge < -0.3 is 15.0 Å². The number of nitrogens with one attached hydrogen (secondary N) is 1. The van der Waals surface area contributed by atoms with Crippen molar-refractivity contribution >= 4 is 53.7 Å². The Hall–Kier alpha value is -0.110. The predicted molar refractivity (Wildman–Crippen MR) is 84.5 cm³/mol. The topological polar surface area (TPSA) is 41.6 Å². The third kappa shape index (κ3) is 4.18. The summed E-state index contributed by atoms with van der Waals surface area (Å²) >= 11 is 10.2. The third-order valence-corrected chi connectivity index (χ3v) is 4.41. The summed E-state index contributed by atoms with van der Waals surface area (Å²) in [4.78, 5) is 13.8. The molecule has 7 heteroatoms. The molecule has 19 heavy (non-hydrogen) atoms. The summed E-state index contributed by atoms with van der Waals surface area (Å²) in [5, 5.41) is 3.21. The molecule has 1 aromatic carbocycles. The molecule has 1 saturated heterocycles. The van der Waals surface area contributed by atoms with Gasteiger partial charge >= 0.3 is 0 Å². The van der Waals surface area contributed by atoms with Gasteiger partial charge in [0.15, 0.2) is 6.61 Å². The highest BCUT2D eigenvalue weighted by atomic mass is 79.9. The van der Waals surface area contributed by atoms with Gasteiger partial charge in [0, 0.05) is 30.7 Å². The molecule has 1 amide bonds. The Bertz CT molecular complexity index is 453. The maximum atomic E-state index is 12.0. The molecule has 4 nitrogen and oxygen atoms in total. The second-order valence-corrected chi connectivity index (χ2v) is 6.74. The average molecular weight is 457 g/mol. The van der Waals surface area contributed by atoms with Crippen LogP contribution in [0, 0.1) is 0 Å². The zero-order valence-corrected chi connectivity index (χ0v) is 14.8. The minimum absolute atomic E-state index is 0.0169. The molecule has 0 aromatic heterocycles. The first-order valence-corrected chi connectivity index (χ1v) is 8.21. The molecular formula is C12H13Br3N2O2. The van der Waals surface area contributed by atoms with E-state index >= 15 is 0 Å². The molecule has 1 aliphatic rings. The van der Waals surface area contributed by atoms with Crippen molar-refractivity contribution in [1.29, 1.82) is 0 Å². The Morgan fingerprint density at radius 1 is 1.21 bits per heavy atom. The van der Waals surface area contributed by atoms with Crippen molar-refractivity contribution in [3.05, 3.63) is 25.6 Å². The number of halogens is 3. The van der Waals surface area contributed by atoms with Crippen LogP contribution in [0.25, 0.3) is 0 Å². The first-order valence-electron chi connectivity index (χ1n) is 5.84. The maximum absolute atomic E-state index is 12.0. The predicted octanol–water partition coefficient (Wildman–Crippen LogP) is 2.78. The van der Waals surface area contributed by atoms with Crippen molar-refractivity contribution in [3.63, 3.8) is 0 Å². The quantitative estimate of drug-likeness (QED) is 0.760. The summed E-state index contributed by atoms with van der Waals surface area (Å²) in [5.74, 6) is 0.662. The van der Waals surface area contributed by atoms with Crippen molar-refractivity contribution in [1.82, 2.24) is 10.2 Å². The average Bonchev–Trinajstić information content (AvgIpc) is 2.38. The third-order valence-electron chi connectivity index (χ3n) is 2.77. The first-order chi connectivity index (χ1) is 9.08. The van der Waals surface area contributed by atoms with E-state index in [9.17, 15) is 4.79 Å². The van der Waals surface area contributed by atoms with Crippen LogP contribution >= 0.6 is 47.8 Å². The van der Waals surface area contributed by atoms with Gasteiger partial charge in [-0.1, -0.05) is 15.9 Å². The molecule has 0 spiro atoms. The number of carbonyl (C=O) groups excluding carboxylic acids is 1. The van der Waals surface area contributed by atoms with Crippen LogP contribution in [0.4, 0.5) is 0 Å². The van der Waals surface area contributed by atoms with Crippen molar-refractivity contribution in [2.24, 2.45) is 0 Å². The van der Waals surface area contributed by atoms with Crippen molar-refractivity contribution in [3.8, 4) is 5.75 Å². The van der Waals surface area contributed by atoms with Gasteiger partial charge in [0.1, 0.15) is 5.75 Å². The lowest BCUT2D eigenvalue weighted by Crippen LogP contribution is -2.47. The van der Waals surface area contributed by atoms with E-state index in [1.807, 2.05) is 17.0 Å². The molecule has 1 aliphatic heterocycles. The van der Waals surface area contributed by atoms with Crippen molar-refractivity contribution in [2.45, 2.75) is 0 Å². The van der Waals surface area contributed by atoms with E-state index in [1.165, 1.54) is 0 Å². The number of rotatable bonds is 3. The largest absolute Gasteiger partial charge is 0.481 e. The highest BCUT2D eigenvalue weighted by Crippen LogP contribution is 2.36. The van der Waals surface area contributed by atoms with Gasteiger partial charge in [0.2, 0.25) is 0 Å². The molecule has 0 unspecified atom stereocenters. The minimum Gasteiger partial charge on any atom is -0.481 e. The Morgan fingerprint density at radius 3 is 2.37 bits per heavy atom. The minimum atomic E-state index is 0.0169. The second kappa shape index (κ2) is 7.06. The summed E-state index contributed by atoms with van der Waals surface area (Å²) in [5.41, 5.74) is 0. The molecule has 1 fully saturated rings. The molecule has 0 aliphatic carbocycles. The first kappa shape index (κ1) is 15.3. The Labute approximate surface area is 137 Å². The molecule has 0 bridgehead atoms. The molecule has 1 N–H and O–H groups in total.